The topological polar surface area (TPSA) is 49.6 Å². The molecule has 0 radical (unpaired) electrons. The number of hydrogen-bond donors (Lipinski definition) is 1. The SMILES string of the molecule is CCC1CN1.CO[SiH](OC)OC. The van der Waals surface area contributed by atoms with Crippen LogP contribution in [-0.2, 0) is 13.3 Å². The highest BCUT2D eigenvalue weighted by molar-refractivity contribution is 6.36. The predicted molar refractivity (Wildman–Crippen MR) is 50.3 cm³/mol. The molecule has 1 aliphatic heterocycles. The van der Waals surface area contributed by atoms with Crippen LogP contribution in [0.3, 0.4) is 0 Å². The van der Waals surface area contributed by atoms with Gasteiger partial charge >= 0.3 is 9.53 Å². The first kappa shape index (κ1) is 12.1. The van der Waals surface area contributed by atoms with Gasteiger partial charge in [0.2, 0.25) is 0 Å². The first-order valence-corrected chi connectivity index (χ1v) is 5.51. The van der Waals surface area contributed by atoms with Gasteiger partial charge in [0.1, 0.15) is 0 Å². The molecule has 1 atom stereocenters. The van der Waals surface area contributed by atoms with Crippen molar-refractivity contribution in [1.29, 1.82) is 0 Å². The fourth-order valence-electron chi connectivity index (χ4n) is 0.661. The van der Waals surface area contributed by atoms with Crippen LogP contribution in [0.4, 0.5) is 0 Å². The van der Waals surface area contributed by atoms with Crippen LogP contribution in [0.25, 0.3) is 0 Å². The maximum Gasteiger partial charge on any atom is 0.483 e. The molecular formula is C7H19NO3Si. The highest BCUT2D eigenvalue weighted by atomic mass is 28.3. The Morgan fingerprint density at radius 1 is 1.25 bits per heavy atom. The van der Waals surface area contributed by atoms with Gasteiger partial charge in [-0.2, -0.15) is 0 Å². The summed E-state index contributed by atoms with van der Waals surface area (Å²) in [6.07, 6.45) is 1.31. The highest BCUT2D eigenvalue weighted by Crippen LogP contribution is 1.98. The molecule has 5 heteroatoms. The smallest absolute Gasteiger partial charge is 0.379 e. The van der Waals surface area contributed by atoms with Gasteiger partial charge in [0.25, 0.3) is 0 Å². The maximum absolute atomic E-state index is 4.74. The zero-order valence-corrected chi connectivity index (χ0v) is 9.45. The van der Waals surface area contributed by atoms with Crippen molar-refractivity contribution in [2.45, 2.75) is 19.4 Å². The third-order valence-corrected chi connectivity index (χ3v) is 2.72. The molecule has 0 aromatic heterocycles. The molecule has 0 spiro atoms. The van der Waals surface area contributed by atoms with E-state index in [-0.39, 0.29) is 0 Å². The van der Waals surface area contributed by atoms with Crippen LogP contribution in [0.1, 0.15) is 13.3 Å². The van der Waals surface area contributed by atoms with E-state index in [2.05, 4.69) is 12.2 Å². The second-order valence-electron chi connectivity index (χ2n) is 2.51. The van der Waals surface area contributed by atoms with E-state index in [1.54, 1.807) is 21.3 Å². The molecule has 1 unspecified atom stereocenters. The Labute approximate surface area is 76.2 Å². The van der Waals surface area contributed by atoms with Crippen molar-refractivity contribution in [3.05, 3.63) is 0 Å². The minimum atomic E-state index is -1.67. The lowest BCUT2D eigenvalue weighted by Crippen LogP contribution is -2.21. The van der Waals surface area contributed by atoms with Crippen molar-refractivity contribution >= 4 is 9.53 Å². The molecule has 1 saturated heterocycles. The summed E-state index contributed by atoms with van der Waals surface area (Å²) in [5.41, 5.74) is 0. The van der Waals surface area contributed by atoms with E-state index in [4.69, 9.17) is 13.3 Å². The Morgan fingerprint density at radius 3 is 1.67 bits per heavy atom. The zero-order chi connectivity index (χ0) is 9.40. The summed E-state index contributed by atoms with van der Waals surface area (Å²) >= 11 is 0. The molecule has 0 aromatic carbocycles. The van der Waals surface area contributed by atoms with Gasteiger partial charge in [-0.25, -0.2) is 0 Å². The van der Waals surface area contributed by atoms with Crippen LogP contribution >= 0.6 is 0 Å². The third kappa shape index (κ3) is 6.75. The number of nitrogens with one attached hydrogen (secondary N) is 1. The Kier molecular flexibility index (Phi) is 7.73. The van der Waals surface area contributed by atoms with Crippen LogP contribution in [-0.4, -0.2) is 43.4 Å². The molecule has 4 nitrogen and oxygen atoms in total. The second-order valence-corrected chi connectivity index (χ2v) is 4.50. The lowest BCUT2D eigenvalue weighted by atomic mass is 10.4. The van der Waals surface area contributed by atoms with Gasteiger partial charge in [-0.3, -0.25) is 0 Å². The molecule has 1 N–H and O–H groups in total. The molecule has 0 saturated carbocycles. The van der Waals surface area contributed by atoms with E-state index < -0.39 is 9.53 Å². The number of rotatable bonds is 4. The van der Waals surface area contributed by atoms with Crippen molar-refractivity contribution in [1.82, 2.24) is 5.32 Å². The average Bonchev–Trinajstić information content (AvgIpc) is 2.91. The standard InChI is InChI=1S/C4H9N.C3H10O3Si/c1-2-4-3-5-4;1-4-7(5-2)6-3/h4-5H,2-3H2,1H3;7H,1-3H3. The van der Waals surface area contributed by atoms with E-state index in [1.807, 2.05) is 0 Å². The van der Waals surface area contributed by atoms with E-state index in [0.717, 1.165) is 6.04 Å². The zero-order valence-electron chi connectivity index (χ0n) is 8.29. The summed E-state index contributed by atoms with van der Waals surface area (Å²) in [5.74, 6) is 0. The van der Waals surface area contributed by atoms with Crippen molar-refractivity contribution < 1.29 is 13.3 Å². The van der Waals surface area contributed by atoms with Crippen LogP contribution in [0.5, 0.6) is 0 Å². The average molecular weight is 193 g/mol. The van der Waals surface area contributed by atoms with Crippen molar-refractivity contribution in [2.75, 3.05) is 27.9 Å². The Morgan fingerprint density at radius 2 is 1.67 bits per heavy atom. The highest BCUT2D eigenvalue weighted by Gasteiger charge is 2.15. The minimum Gasteiger partial charge on any atom is -0.379 e. The molecule has 0 aromatic rings. The van der Waals surface area contributed by atoms with Gasteiger partial charge in [-0.1, -0.05) is 6.92 Å². The largest absolute Gasteiger partial charge is 0.483 e. The molecule has 1 rings (SSSR count). The first-order chi connectivity index (χ1) is 5.78. The molecule has 0 amide bonds. The lowest BCUT2D eigenvalue weighted by Gasteiger charge is -2.05. The van der Waals surface area contributed by atoms with E-state index in [1.165, 1.54) is 13.0 Å². The van der Waals surface area contributed by atoms with Crippen LogP contribution in [0.15, 0.2) is 0 Å². The van der Waals surface area contributed by atoms with Gasteiger partial charge in [-0.05, 0) is 6.42 Å². The fourth-order valence-corrected chi connectivity index (χ4v) is 1.24. The predicted octanol–water partition coefficient (Wildman–Crippen LogP) is 0.0110. The van der Waals surface area contributed by atoms with Crippen LogP contribution < -0.4 is 5.32 Å². The fraction of sp³-hybridized carbons (Fsp3) is 1.00. The Bertz CT molecular complexity index is 91.1. The molecular weight excluding hydrogens is 174 g/mol. The quantitative estimate of drug-likeness (QED) is 0.505. The van der Waals surface area contributed by atoms with Gasteiger partial charge in [0.15, 0.2) is 0 Å². The molecule has 1 heterocycles. The molecule has 12 heavy (non-hydrogen) atoms. The Balaban J connectivity index is 0.000000211. The van der Waals surface area contributed by atoms with Gasteiger partial charge in [0.05, 0.1) is 0 Å². The summed E-state index contributed by atoms with van der Waals surface area (Å²) in [5, 5.41) is 3.18. The van der Waals surface area contributed by atoms with Gasteiger partial charge < -0.3 is 18.6 Å². The van der Waals surface area contributed by atoms with Crippen LogP contribution in [0.2, 0.25) is 0 Å². The van der Waals surface area contributed by atoms with Gasteiger partial charge in [-0.15, -0.1) is 0 Å². The maximum atomic E-state index is 4.74. The summed E-state index contributed by atoms with van der Waals surface area (Å²) in [7, 11) is 3.05. The van der Waals surface area contributed by atoms with Crippen molar-refractivity contribution in [2.24, 2.45) is 0 Å². The molecule has 1 aliphatic rings. The minimum absolute atomic E-state index is 0.884. The Hall–Kier alpha value is 0.0569. The molecule has 74 valence electrons. The van der Waals surface area contributed by atoms with E-state index >= 15 is 0 Å². The normalized spacial score (nSPS) is 20.2. The number of hydrogen-bond acceptors (Lipinski definition) is 4. The van der Waals surface area contributed by atoms with Crippen molar-refractivity contribution in [3.63, 3.8) is 0 Å². The van der Waals surface area contributed by atoms with E-state index in [9.17, 15) is 0 Å². The van der Waals surface area contributed by atoms with Crippen molar-refractivity contribution in [3.8, 4) is 0 Å². The lowest BCUT2D eigenvalue weighted by molar-refractivity contribution is 0.163. The molecule has 0 aliphatic carbocycles. The third-order valence-electron chi connectivity index (χ3n) is 1.56. The molecule has 1 fully saturated rings. The summed E-state index contributed by atoms with van der Waals surface area (Å²) < 4.78 is 14.2. The summed E-state index contributed by atoms with van der Waals surface area (Å²) in [6, 6.07) is 0.884. The van der Waals surface area contributed by atoms with E-state index in [0.29, 0.717) is 0 Å². The first-order valence-electron chi connectivity index (χ1n) is 4.10. The second kappa shape index (κ2) is 7.69. The summed E-state index contributed by atoms with van der Waals surface area (Å²) in [6.45, 7) is 3.46. The molecule has 0 bridgehead atoms. The van der Waals surface area contributed by atoms with Crippen LogP contribution in [0, 0.1) is 0 Å². The summed E-state index contributed by atoms with van der Waals surface area (Å²) in [4.78, 5) is 0. The van der Waals surface area contributed by atoms with Gasteiger partial charge in [0, 0.05) is 33.9 Å². The monoisotopic (exact) mass is 193 g/mol.